The van der Waals surface area contributed by atoms with Crippen LogP contribution in [0.3, 0.4) is 0 Å². The summed E-state index contributed by atoms with van der Waals surface area (Å²) >= 11 is 0. The highest BCUT2D eigenvalue weighted by molar-refractivity contribution is 7.90. The van der Waals surface area contributed by atoms with Gasteiger partial charge in [-0.25, -0.2) is 12.4 Å². The van der Waals surface area contributed by atoms with E-state index >= 15 is 0 Å². The van der Waals surface area contributed by atoms with Crippen LogP contribution < -0.4 is 0 Å². The Morgan fingerprint density at radius 3 is 2.21 bits per heavy atom. The average molecular weight is 458 g/mol. The number of aromatic nitrogens is 1. The second kappa shape index (κ2) is 8.83. The molecule has 168 valence electrons. The number of para-hydroxylation sites is 1. The molecule has 0 spiro atoms. The second-order valence-electron chi connectivity index (χ2n) is 8.73. The summed E-state index contributed by atoms with van der Waals surface area (Å²) in [5.41, 5.74) is 2.90. The highest BCUT2D eigenvalue weighted by Crippen LogP contribution is 2.30. The third kappa shape index (κ3) is 4.41. The molecular formula is C28H27NO3S. The number of fused-ring (bicyclic) bond motifs is 1. The van der Waals surface area contributed by atoms with Gasteiger partial charge >= 0.3 is 0 Å². The molecule has 0 aliphatic rings. The maximum absolute atomic E-state index is 13.5. The van der Waals surface area contributed by atoms with Crippen LogP contribution in [0.25, 0.3) is 17.0 Å². The zero-order valence-electron chi connectivity index (χ0n) is 19.0. The third-order valence-electron chi connectivity index (χ3n) is 6.26. The Bertz CT molecular complexity index is 1430. The van der Waals surface area contributed by atoms with Gasteiger partial charge in [-0.3, -0.25) is 4.79 Å². The van der Waals surface area contributed by atoms with Crippen molar-refractivity contribution < 1.29 is 13.2 Å². The molecule has 0 saturated carbocycles. The van der Waals surface area contributed by atoms with E-state index in [9.17, 15) is 13.2 Å². The lowest BCUT2D eigenvalue weighted by molar-refractivity contribution is 0.104. The number of nitrogens with zero attached hydrogens (tertiary/aromatic N) is 1. The summed E-state index contributed by atoms with van der Waals surface area (Å²) in [5.74, 6) is -0.135. The molecule has 0 aliphatic heterocycles. The molecule has 0 aliphatic carbocycles. The molecule has 0 bridgehead atoms. The van der Waals surface area contributed by atoms with Gasteiger partial charge in [0.25, 0.3) is 10.0 Å². The van der Waals surface area contributed by atoms with Crippen LogP contribution in [0.15, 0.2) is 96.0 Å². The molecule has 0 saturated heterocycles. The number of hydrogen-bond acceptors (Lipinski definition) is 3. The fraction of sp³-hybridized carbons (Fsp3) is 0.179. The Labute approximate surface area is 195 Å². The van der Waals surface area contributed by atoms with Crippen LogP contribution in [0.1, 0.15) is 48.7 Å². The number of hydrogen-bond donors (Lipinski definition) is 0. The van der Waals surface area contributed by atoms with Gasteiger partial charge in [0.2, 0.25) is 0 Å². The van der Waals surface area contributed by atoms with Crippen molar-refractivity contribution in [1.82, 2.24) is 3.97 Å². The summed E-state index contributed by atoms with van der Waals surface area (Å²) < 4.78 is 28.3. The Kier molecular flexibility index (Phi) is 6.09. The van der Waals surface area contributed by atoms with Gasteiger partial charge in [0.1, 0.15) is 0 Å². The third-order valence-corrected chi connectivity index (χ3v) is 7.95. The maximum Gasteiger partial charge on any atom is 0.268 e. The number of carbonyl (C=O) groups is 1. The number of carbonyl (C=O) groups excluding carboxylic acids is 1. The second-order valence-corrected chi connectivity index (χ2v) is 10.5. The topological polar surface area (TPSA) is 56.1 Å². The molecule has 1 aromatic heterocycles. The van der Waals surface area contributed by atoms with Crippen LogP contribution in [0.4, 0.5) is 0 Å². The summed E-state index contributed by atoms with van der Waals surface area (Å²) in [6.45, 7) is 6.41. The van der Waals surface area contributed by atoms with E-state index in [0.717, 1.165) is 17.4 Å². The first-order valence-corrected chi connectivity index (χ1v) is 12.4. The molecule has 0 unspecified atom stereocenters. The van der Waals surface area contributed by atoms with Gasteiger partial charge in [0.05, 0.1) is 10.4 Å². The molecule has 0 atom stereocenters. The van der Waals surface area contributed by atoms with E-state index in [1.54, 1.807) is 42.6 Å². The first kappa shape index (κ1) is 22.7. The molecule has 0 fully saturated rings. The first-order chi connectivity index (χ1) is 15.7. The normalized spacial score (nSPS) is 12.5. The fourth-order valence-electron chi connectivity index (χ4n) is 3.77. The van der Waals surface area contributed by atoms with E-state index in [2.05, 4.69) is 20.8 Å². The smallest absolute Gasteiger partial charge is 0.268 e. The number of rotatable bonds is 7. The number of ketones is 1. The minimum atomic E-state index is -3.81. The van der Waals surface area contributed by atoms with Crippen molar-refractivity contribution in [2.24, 2.45) is 0 Å². The minimum Gasteiger partial charge on any atom is -0.289 e. The van der Waals surface area contributed by atoms with Crippen LogP contribution in [-0.2, 0) is 15.4 Å². The van der Waals surface area contributed by atoms with E-state index in [0.29, 0.717) is 16.6 Å². The maximum atomic E-state index is 13.5. The van der Waals surface area contributed by atoms with Crippen molar-refractivity contribution in [2.45, 2.75) is 37.5 Å². The molecule has 0 radical (unpaired) electrons. The van der Waals surface area contributed by atoms with Gasteiger partial charge in [0.15, 0.2) is 5.78 Å². The van der Waals surface area contributed by atoms with Gasteiger partial charge in [-0.15, -0.1) is 0 Å². The molecule has 4 nitrogen and oxygen atoms in total. The molecule has 5 heteroatoms. The summed E-state index contributed by atoms with van der Waals surface area (Å²) in [6.07, 6.45) is 5.70. The lowest BCUT2D eigenvalue weighted by Gasteiger charge is -2.23. The predicted molar refractivity (Wildman–Crippen MR) is 134 cm³/mol. The molecule has 33 heavy (non-hydrogen) atoms. The monoisotopic (exact) mass is 457 g/mol. The Morgan fingerprint density at radius 2 is 1.55 bits per heavy atom. The highest BCUT2D eigenvalue weighted by Gasteiger charge is 2.23. The van der Waals surface area contributed by atoms with Crippen LogP contribution >= 0.6 is 0 Å². The zero-order chi connectivity index (χ0) is 23.6. The zero-order valence-corrected chi connectivity index (χ0v) is 19.8. The summed E-state index contributed by atoms with van der Waals surface area (Å²) in [5, 5.41) is 0.766. The van der Waals surface area contributed by atoms with Crippen molar-refractivity contribution in [3.8, 4) is 0 Å². The summed E-state index contributed by atoms with van der Waals surface area (Å²) in [7, 11) is -3.81. The van der Waals surface area contributed by atoms with Crippen molar-refractivity contribution >= 4 is 32.8 Å². The molecule has 3 aromatic carbocycles. The lowest BCUT2D eigenvalue weighted by Crippen LogP contribution is -2.16. The first-order valence-electron chi connectivity index (χ1n) is 11.0. The number of benzene rings is 3. The minimum absolute atomic E-state index is 0.0221. The molecule has 1 heterocycles. The van der Waals surface area contributed by atoms with Crippen LogP contribution in [0, 0.1) is 0 Å². The molecular weight excluding hydrogens is 430 g/mol. The largest absolute Gasteiger partial charge is 0.289 e. The lowest BCUT2D eigenvalue weighted by atomic mass is 9.82. The van der Waals surface area contributed by atoms with E-state index in [1.807, 2.05) is 48.5 Å². The number of allylic oxidation sites excluding steroid dienone is 1. The van der Waals surface area contributed by atoms with Crippen molar-refractivity contribution in [1.29, 1.82) is 0 Å². The highest BCUT2D eigenvalue weighted by atomic mass is 32.2. The predicted octanol–water partition coefficient (Wildman–Crippen LogP) is 6.46. The van der Waals surface area contributed by atoms with Crippen LogP contribution in [0.2, 0.25) is 0 Å². The molecule has 0 N–H and O–H groups in total. The fourth-order valence-corrected chi connectivity index (χ4v) is 5.14. The standard InChI is InChI=1S/C28H27NO3S/c1-4-28(2,3)23-15-17-24(18-16-23)33(31,32)29-20-22(25-12-8-9-13-26(25)29)14-19-27(30)21-10-6-5-7-11-21/h5-20H,4H2,1-3H3/b19-14+. The Balaban J connectivity index is 1.74. The Morgan fingerprint density at radius 1 is 0.909 bits per heavy atom. The van der Waals surface area contributed by atoms with Crippen LogP contribution in [0.5, 0.6) is 0 Å². The van der Waals surface area contributed by atoms with Gasteiger partial charge in [-0.05, 0) is 47.8 Å². The summed E-state index contributed by atoms with van der Waals surface area (Å²) in [4.78, 5) is 12.7. The SMILES string of the molecule is CCC(C)(C)c1ccc(S(=O)(=O)n2cc(/C=C/C(=O)c3ccccc3)c3ccccc32)cc1. The van der Waals surface area contributed by atoms with E-state index < -0.39 is 10.0 Å². The quantitative estimate of drug-likeness (QED) is 0.236. The van der Waals surface area contributed by atoms with Crippen molar-refractivity contribution in [3.05, 3.63) is 108 Å². The van der Waals surface area contributed by atoms with Crippen molar-refractivity contribution in [2.75, 3.05) is 0 Å². The van der Waals surface area contributed by atoms with Crippen molar-refractivity contribution in [3.63, 3.8) is 0 Å². The van der Waals surface area contributed by atoms with Gasteiger partial charge in [-0.2, -0.15) is 0 Å². The van der Waals surface area contributed by atoms with E-state index in [-0.39, 0.29) is 16.1 Å². The van der Waals surface area contributed by atoms with Gasteiger partial charge in [-0.1, -0.05) is 81.4 Å². The van der Waals surface area contributed by atoms with E-state index in [4.69, 9.17) is 0 Å². The van der Waals surface area contributed by atoms with Gasteiger partial charge < -0.3 is 0 Å². The van der Waals surface area contributed by atoms with E-state index in [1.165, 1.54) is 10.0 Å². The molecule has 4 aromatic rings. The average Bonchev–Trinajstić information content (AvgIpc) is 3.22. The molecule has 4 rings (SSSR count). The molecule has 0 amide bonds. The van der Waals surface area contributed by atoms with Gasteiger partial charge in [0, 0.05) is 22.7 Å². The summed E-state index contributed by atoms with van der Waals surface area (Å²) in [6, 6.07) is 23.4. The Hall–Kier alpha value is -3.44. The van der Waals surface area contributed by atoms with Crippen LogP contribution in [-0.4, -0.2) is 18.2 Å².